The number of hydrogen-bond donors (Lipinski definition) is 0. The van der Waals surface area contributed by atoms with Gasteiger partial charge in [0.2, 0.25) is 5.91 Å². The molecule has 0 unspecified atom stereocenters. The fourth-order valence-electron chi connectivity index (χ4n) is 2.12. The number of nitrogens with zero attached hydrogens (tertiary/aromatic N) is 4. The van der Waals surface area contributed by atoms with Gasteiger partial charge in [-0.3, -0.25) is 14.3 Å². The molecule has 0 atom stereocenters. The maximum Gasteiger partial charge on any atom is 0.238 e. The average Bonchev–Trinajstić information content (AvgIpc) is 3.24. The number of rotatable bonds is 5. The molecule has 0 fully saturated rings. The van der Waals surface area contributed by atoms with Gasteiger partial charge in [-0.15, -0.1) is 11.3 Å². The lowest BCUT2D eigenvalue weighted by Gasteiger charge is -2.14. The van der Waals surface area contributed by atoms with E-state index in [9.17, 15) is 4.79 Å². The molecule has 3 rings (SSSR count). The van der Waals surface area contributed by atoms with E-state index in [2.05, 4.69) is 23.0 Å². The van der Waals surface area contributed by atoms with E-state index in [-0.39, 0.29) is 5.91 Å². The number of aryl methyl sites for hydroxylation is 1. The fourth-order valence-corrected chi connectivity index (χ4v) is 3.63. The van der Waals surface area contributed by atoms with Crippen LogP contribution in [0.5, 0.6) is 0 Å². The van der Waals surface area contributed by atoms with E-state index in [0.717, 1.165) is 10.8 Å². The first-order valence-corrected chi connectivity index (χ1v) is 8.91. The molecule has 0 spiro atoms. The predicted molar refractivity (Wildman–Crippen MR) is 94.5 cm³/mol. The highest BCUT2D eigenvalue weighted by Gasteiger charge is 2.15. The Labute approximate surface area is 143 Å². The molecule has 3 aromatic rings. The molecule has 1 amide bonds. The van der Waals surface area contributed by atoms with Crippen LogP contribution < -0.4 is 4.90 Å². The number of hydrogen-bond acceptors (Lipinski definition) is 5. The van der Waals surface area contributed by atoms with Gasteiger partial charge in [-0.2, -0.15) is 0 Å². The van der Waals surface area contributed by atoms with E-state index >= 15 is 0 Å². The van der Waals surface area contributed by atoms with E-state index in [4.69, 9.17) is 0 Å². The Morgan fingerprint density at radius 1 is 1.30 bits per heavy atom. The first kappa shape index (κ1) is 15.8. The second-order valence-electron chi connectivity index (χ2n) is 4.92. The molecule has 0 aliphatic carbocycles. The third-order valence-corrected chi connectivity index (χ3v) is 5.19. The van der Waals surface area contributed by atoms with Crippen LogP contribution in [0, 0.1) is 6.92 Å². The van der Waals surface area contributed by atoms with Gasteiger partial charge in [-0.05, 0) is 18.6 Å². The summed E-state index contributed by atoms with van der Waals surface area (Å²) in [4.78, 5) is 22.4. The number of thiazole rings is 1. The van der Waals surface area contributed by atoms with Crippen molar-refractivity contribution in [2.75, 3.05) is 17.7 Å². The highest BCUT2D eigenvalue weighted by atomic mass is 32.2. The highest BCUT2D eigenvalue weighted by Crippen LogP contribution is 2.24. The summed E-state index contributed by atoms with van der Waals surface area (Å²) in [7, 11) is 1.75. The number of amides is 1. The third kappa shape index (κ3) is 3.46. The summed E-state index contributed by atoms with van der Waals surface area (Å²) in [6.45, 7) is 2.06. The van der Waals surface area contributed by atoms with Crippen molar-refractivity contribution in [3.63, 3.8) is 0 Å². The standard InChI is InChI=1S/C16H16N4OS2/c1-12-5-3-4-6-13(12)20-9-7-17-16(20)23-11-14(21)19(2)15-18-8-10-22-15/h3-10H,11H2,1-2H3. The molecule has 2 aromatic heterocycles. The van der Waals surface area contributed by atoms with Gasteiger partial charge >= 0.3 is 0 Å². The van der Waals surface area contributed by atoms with Crippen molar-refractivity contribution in [1.82, 2.24) is 14.5 Å². The van der Waals surface area contributed by atoms with E-state index in [0.29, 0.717) is 10.9 Å². The Morgan fingerprint density at radius 2 is 2.13 bits per heavy atom. The number of thioether (sulfide) groups is 1. The number of benzene rings is 1. The molecular weight excluding hydrogens is 328 g/mol. The van der Waals surface area contributed by atoms with Gasteiger partial charge in [0.05, 0.1) is 11.4 Å². The van der Waals surface area contributed by atoms with Crippen molar-refractivity contribution in [2.45, 2.75) is 12.1 Å². The lowest BCUT2D eigenvalue weighted by molar-refractivity contribution is -0.115. The summed E-state index contributed by atoms with van der Waals surface area (Å²) in [6.07, 6.45) is 5.37. The molecule has 7 heteroatoms. The fraction of sp³-hybridized carbons (Fsp3) is 0.188. The molecule has 0 aliphatic heterocycles. The molecule has 0 saturated heterocycles. The van der Waals surface area contributed by atoms with Crippen molar-refractivity contribution in [3.05, 3.63) is 53.8 Å². The van der Waals surface area contributed by atoms with Crippen molar-refractivity contribution >= 4 is 34.1 Å². The number of carbonyl (C=O) groups excluding carboxylic acids is 1. The molecule has 0 aliphatic rings. The van der Waals surface area contributed by atoms with E-state index < -0.39 is 0 Å². The second kappa shape index (κ2) is 6.97. The quantitative estimate of drug-likeness (QED) is 0.666. The third-order valence-electron chi connectivity index (χ3n) is 3.39. The Balaban J connectivity index is 1.72. The maximum absolute atomic E-state index is 12.3. The smallest absolute Gasteiger partial charge is 0.238 e. The molecule has 0 saturated carbocycles. The molecule has 5 nitrogen and oxygen atoms in total. The lowest BCUT2D eigenvalue weighted by atomic mass is 10.2. The Bertz CT molecular complexity index is 798. The predicted octanol–water partition coefficient (Wildman–Crippen LogP) is 3.39. The van der Waals surface area contributed by atoms with Gasteiger partial charge in [-0.1, -0.05) is 30.0 Å². The zero-order chi connectivity index (χ0) is 16.2. The second-order valence-corrected chi connectivity index (χ2v) is 6.74. The van der Waals surface area contributed by atoms with Crippen LogP contribution in [0.4, 0.5) is 5.13 Å². The summed E-state index contributed by atoms with van der Waals surface area (Å²) in [5.74, 6) is 0.322. The van der Waals surface area contributed by atoms with Gasteiger partial charge in [0, 0.05) is 31.0 Å². The molecule has 118 valence electrons. The molecule has 0 radical (unpaired) electrons. The Morgan fingerprint density at radius 3 is 2.87 bits per heavy atom. The molecule has 0 N–H and O–H groups in total. The summed E-state index contributed by atoms with van der Waals surface area (Å²) >= 11 is 2.88. The zero-order valence-electron chi connectivity index (χ0n) is 12.8. The Kier molecular flexibility index (Phi) is 4.78. The largest absolute Gasteiger partial charge is 0.295 e. The SMILES string of the molecule is Cc1ccccc1-n1ccnc1SCC(=O)N(C)c1nccs1. The van der Waals surface area contributed by atoms with Crippen LogP contribution in [-0.4, -0.2) is 33.2 Å². The van der Waals surface area contributed by atoms with Crippen LogP contribution in [0.3, 0.4) is 0 Å². The summed E-state index contributed by atoms with van der Waals surface area (Å²) < 4.78 is 2.01. The van der Waals surface area contributed by atoms with E-state index in [1.165, 1.54) is 28.7 Å². The van der Waals surface area contributed by atoms with Crippen LogP contribution >= 0.6 is 23.1 Å². The summed E-state index contributed by atoms with van der Waals surface area (Å²) in [5.41, 5.74) is 2.24. The average molecular weight is 344 g/mol. The number of aromatic nitrogens is 3. The summed E-state index contributed by atoms with van der Waals surface area (Å²) in [6, 6.07) is 8.11. The van der Waals surface area contributed by atoms with Gasteiger partial charge in [0.15, 0.2) is 10.3 Å². The van der Waals surface area contributed by atoms with Gasteiger partial charge < -0.3 is 0 Å². The van der Waals surface area contributed by atoms with Crippen LogP contribution in [0.2, 0.25) is 0 Å². The lowest BCUT2D eigenvalue weighted by Crippen LogP contribution is -2.27. The highest BCUT2D eigenvalue weighted by molar-refractivity contribution is 7.99. The summed E-state index contributed by atoms with van der Waals surface area (Å²) in [5, 5.41) is 3.37. The minimum absolute atomic E-state index is 0.00397. The van der Waals surface area contributed by atoms with Crippen LogP contribution in [0.1, 0.15) is 5.56 Å². The topological polar surface area (TPSA) is 51.0 Å². The number of para-hydroxylation sites is 1. The number of imidazole rings is 1. The minimum atomic E-state index is 0.00397. The maximum atomic E-state index is 12.3. The van der Waals surface area contributed by atoms with Crippen molar-refractivity contribution in [3.8, 4) is 5.69 Å². The van der Waals surface area contributed by atoms with Crippen molar-refractivity contribution < 1.29 is 4.79 Å². The van der Waals surface area contributed by atoms with Crippen LogP contribution in [0.15, 0.2) is 53.4 Å². The molecular formula is C16H16N4OS2. The number of carbonyl (C=O) groups is 1. The zero-order valence-corrected chi connectivity index (χ0v) is 14.5. The molecule has 2 heterocycles. The molecule has 1 aromatic carbocycles. The number of anilines is 1. The Hall–Kier alpha value is -2.12. The first-order valence-electron chi connectivity index (χ1n) is 7.05. The van der Waals surface area contributed by atoms with Gasteiger partial charge in [0.1, 0.15) is 0 Å². The van der Waals surface area contributed by atoms with E-state index in [1.54, 1.807) is 24.3 Å². The van der Waals surface area contributed by atoms with E-state index in [1.807, 2.05) is 34.3 Å². The molecule has 0 bridgehead atoms. The normalized spacial score (nSPS) is 10.7. The van der Waals surface area contributed by atoms with Gasteiger partial charge in [-0.25, -0.2) is 9.97 Å². The van der Waals surface area contributed by atoms with Crippen molar-refractivity contribution in [2.24, 2.45) is 0 Å². The monoisotopic (exact) mass is 344 g/mol. The first-order chi connectivity index (χ1) is 11.2. The van der Waals surface area contributed by atoms with Crippen molar-refractivity contribution in [1.29, 1.82) is 0 Å². The van der Waals surface area contributed by atoms with Crippen LogP contribution in [-0.2, 0) is 4.79 Å². The molecule has 23 heavy (non-hydrogen) atoms. The van der Waals surface area contributed by atoms with Crippen LogP contribution in [0.25, 0.3) is 5.69 Å². The van der Waals surface area contributed by atoms with Gasteiger partial charge in [0.25, 0.3) is 0 Å². The minimum Gasteiger partial charge on any atom is -0.295 e.